The number of nitrogens with zero attached hydrogens (tertiary/aromatic N) is 5. The number of aromatic nitrogens is 5. The number of hydrogen-bond donors (Lipinski definition) is 0. The summed E-state index contributed by atoms with van der Waals surface area (Å²) in [7, 11) is 0. The van der Waals surface area contributed by atoms with Crippen LogP contribution in [0.3, 0.4) is 0 Å². The van der Waals surface area contributed by atoms with Gasteiger partial charge in [0.2, 0.25) is 0 Å². The van der Waals surface area contributed by atoms with E-state index < -0.39 is 0 Å². The summed E-state index contributed by atoms with van der Waals surface area (Å²) in [5, 5.41) is 8.93. The molecule has 3 heterocycles. The van der Waals surface area contributed by atoms with Gasteiger partial charge in [0.1, 0.15) is 12.1 Å². The van der Waals surface area contributed by atoms with Crippen LogP contribution < -0.4 is 0 Å². The summed E-state index contributed by atoms with van der Waals surface area (Å²) in [6, 6.07) is 8.14. The SMILES string of the molecule is Fc1ccc2ncn3c(-c4cccnc4)nnc3c2c1. The molecule has 0 saturated heterocycles. The zero-order valence-electron chi connectivity index (χ0n) is 10.2. The van der Waals surface area contributed by atoms with E-state index in [9.17, 15) is 4.39 Å². The van der Waals surface area contributed by atoms with E-state index in [1.807, 2.05) is 12.1 Å². The van der Waals surface area contributed by atoms with Crippen molar-refractivity contribution in [2.75, 3.05) is 0 Å². The van der Waals surface area contributed by atoms with Gasteiger partial charge in [-0.1, -0.05) is 0 Å². The van der Waals surface area contributed by atoms with Crippen molar-refractivity contribution < 1.29 is 4.39 Å². The third kappa shape index (κ3) is 1.55. The first-order valence-electron chi connectivity index (χ1n) is 6.02. The van der Waals surface area contributed by atoms with E-state index in [-0.39, 0.29) is 5.82 Å². The molecule has 0 N–H and O–H groups in total. The van der Waals surface area contributed by atoms with E-state index in [1.54, 1.807) is 29.2 Å². The van der Waals surface area contributed by atoms with Gasteiger partial charge in [0, 0.05) is 23.3 Å². The second-order valence-electron chi connectivity index (χ2n) is 4.36. The van der Waals surface area contributed by atoms with E-state index in [4.69, 9.17) is 0 Å². The zero-order chi connectivity index (χ0) is 13.5. The molecule has 0 aliphatic carbocycles. The maximum atomic E-state index is 13.4. The molecule has 5 nitrogen and oxygen atoms in total. The highest BCUT2D eigenvalue weighted by Gasteiger charge is 2.11. The average Bonchev–Trinajstić information content (AvgIpc) is 2.92. The predicted octanol–water partition coefficient (Wildman–Crippen LogP) is 2.48. The molecular formula is C14H8FN5. The topological polar surface area (TPSA) is 56.0 Å². The molecular weight excluding hydrogens is 257 g/mol. The fourth-order valence-corrected chi connectivity index (χ4v) is 2.20. The van der Waals surface area contributed by atoms with Crippen molar-refractivity contribution in [2.45, 2.75) is 0 Å². The van der Waals surface area contributed by atoms with Crippen LogP contribution in [0, 0.1) is 5.82 Å². The van der Waals surface area contributed by atoms with E-state index in [0.717, 1.165) is 5.56 Å². The van der Waals surface area contributed by atoms with Crippen LogP contribution in [0.4, 0.5) is 4.39 Å². The Bertz CT molecular complexity index is 917. The van der Waals surface area contributed by atoms with Gasteiger partial charge >= 0.3 is 0 Å². The minimum Gasteiger partial charge on any atom is -0.265 e. The van der Waals surface area contributed by atoms with Crippen LogP contribution in [0.2, 0.25) is 0 Å². The van der Waals surface area contributed by atoms with Crippen molar-refractivity contribution in [1.29, 1.82) is 0 Å². The van der Waals surface area contributed by atoms with E-state index in [0.29, 0.717) is 22.4 Å². The van der Waals surface area contributed by atoms with Gasteiger partial charge in [-0.2, -0.15) is 0 Å². The minimum atomic E-state index is -0.321. The average molecular weight is 265 g/mol. The number of halogens is 1. The molecule has 0 amide bonds. The molecule has 0 atom stereocenters. The maximum Gasteiger partial charge on any atom is 0.171 e. The quantitative estimate of drug-likeness (QED) is 0.530. The van der Waals surface area contributed by atoms with E-state index in [2.05, 4.69) is 20.2 Å². The van der Waals surface area contributed by atoms with Gasteiger partial charge in [-0.15, -0.1) is 10.2 Å². The molecule has 0 saturated carbocycles. The number of rotatable bonds is 1. The van der Waals surface area contributed by atoms with Gasteiger partial charge in [0.15, 0.2) is 11.5 Å². The van der Waals surface area contributed by atoms with Crippen molar-refractivity contribution in [3.63, 3.8) is 0 Å². The molecule has 0 unspecified atom stereocenters. The highest BCUT2D eigenvalue weighted by atomic mass is 19.1. The lowest BCUT2D eigenvalue weighted by Crippen LogP contribution is -1.93. The Morgan fingerprint density at radius 2 is 2.05 bits per heavy atom. The van der Waals surface area contributed by atoms with Gasteiger partial charge in [-0.05, 0) is 30.3 Å². The third-order valence-electron chi connectivity index (χ3n) is 3.13. The van der Waals surface area contributed by atoms with Gasteiger partial charge in [0.25, 0.3) is 0 Å². The van der Waals surface area contributed by atoms with Crippen molar-refractivity contribution in [3.8, 4) is 11.4 Å². The Labute approximate surface area is 112 Å². The number of pyridine rings is 1. The monoisotopic (exact) mass is 265 g/mol. The normalized spacial score (nSPS) is 11.2. The van der Waals surface area contributed by atoms with Crippen LogP contribution in [-0.2, 0) is 0 Å². The maximum absolute atomic E-state index is 13.4. The number of fused-ring (bicyclic) bond motifs is 3. The molecule has 96 valence electrons. The predicted molar refractivity (Wildman–Crippen MR) is 71.5 cm³/mol. The Hall–Kier alpha value is -2.89. The summed E-state index contributed by atoms with van der Waals surface area (Å²) in [5.74, 6) is 0.310. The van der Waals surface area contributed by atoms with Crippen LogP contribution in [0.1, 0.15) is 0 Å². The van der Waals surface area contributed by atoms with E-state index >= 15 is 0 Å². The van der Waals surface area contributed by atoms with Gasteiger partial charge in [-0.3, -0.25) is 9.38 Å². The second kappa shape index (κ2) is 4.06. The number of hydrogen-bond acceptors (Lipinski definition) is 4. The first kappa shape index (κ1) is 11.0. The largest absolute Gasteiger partial charge is 0.265 e. The second-order valence-corrected chi connectivity index (χ2v) is 4.36. The molecule has 0 radical (unpaired) electrons. The van der Waals surface area contributed by atoms with Crippen molar-refractivity contribution >= 4 is 16.6 Å². The van der Waals surface area contributed by atoms with Crippen LogP contribution in [-0.4, -0.2) is 24.6 Å². The molecule has 20 heavy (non-hydrogen) atoms. The molecule has 4 rings (SSSR count). The lowest BCUT2D eigenvalue weighted by molar-refractivity contribution is 0.629. The molecule has 0 bridgehead atoms. The molecule has 0 fully saturated rings. The molecule has 0 aliphatic rings. The summed E-state index contributed by atoms with van der Waals surface area (Å²) in [5.41, 5.74) is 2.09. The highest BCUT2D eigenvalue weighted by molar-refractivity contribution is 5.91. The standard InChI is InChI=1S/C14H8FN5/c15-10-3-4-12-11(6-10)14-19-18-13(20(14)8-17-12)9-2-1-5-16-7-9/h1-8H. The molecule has 0 spiro atoms. The fourth-order valence-electron chi connectivity index (χ4n) is 2.20. The molecule has 4 aromatic rings. The molecule has 1 aromatic carbocycles. The Morgan fingerprint density at radius 1 is 1.10 bits per heavy atom. The highest BCUT2D eigenvalue weighted by Crippen LogP contribution is 2.22. The van der Waals surface area contributed by atoms with Crippen LogP contribution in [0.25, 0.3) is 27.9 Å². The lowest BCUT2D eigenvalue weighted by Gasteiger charge is -2.01. The zero-order valence-corrected chi connectivity index (χ0v) is 10.2. The molecule has 3 aromatic heterocycles. The van der Waals surface area contributed by atoms with Gasteiger partial charge < -0.3 is 0 Å². The Balaban J connectivity index is 2.07. The van der Waals surface area contributed by atoms with Crippen LogP contribution >= 0.6 is 0 Å². The van der Waals surface area contributed by atoms with Crippen LogP contribution in [0.5, 0.6) is 0 Å². The van der Waals surface area contributed by atoms with E-state index in [1.165, 1.54) is 12.1 Å². The van der Waals surface area contributed by atoms with Crippen LogP contribution in [0.15, 0.2) is 49.1 Å². The summed E-state index contributed by atoms with van der Waals surface area (Å²) >= 11 is 0. The first-order valence-corrected chi connectivity index (χ1v) is 6.02. The summed E-state index contributed by atoms with van der Waals surface area (Å²) < 4.78 is 15.1. The first-order chi connectivity index (χ1) is 9.83. The molecule has 0 aliphatic heterocycles. The van der Waals surface area contributed by atoms with Crippen molar-refractivity contribution in [2.24, 2.45) is 0 Å². The van der Waals surface area contributed by atoms with Crippen molar-refractivity contribution in [1.82, 2.24) is 24.6 Å². The summed E-state index contributed by atoms with van der Waals surface area (Å²) in [6.07, 6.45) is 5.03. The Morgan fingerprint density at radius 3 is 2.90 bits per heavy atom. The minimum absolute atomic E-state index is 0.321. The fraction of sp³-hybridized carbons (Fsp3) is 0. The van der Waals surface area contributed by atoms with Gasteiger partial charge in [0.05, 0.1) is 5.52 Å². The smallest absolute Gasteiger partial charge is 0.171 e. The van der Waals surface area contributed by atoms with Crippen molar-refractivity contribution in [3.05, 3.63) is 54.9 Å². The number of benzene rings is 1. The summed E-state index contributed by atoms with van der Waals surface area (Å²) in [6.45, 7) is 0. The third-order valence-corrected chi connectivity index (χ3v) is 3.13. The lowest BCUT2D eigenvalue weighted by atomic mass is 10.2. The molecule has 6 heteroatoms. The summed E-state index contributed by atoms with van der Waals surface area (Å²) in [4.78, 5) is 8.37. The Kier molecular flexibility index (Phi) is 2.23. The van der Waals surface area contributed by atoms with Gasteiger partial charge in [-0.25, -0.2) is 9.37 Å².